The van der Waals surface area contributed by atoms with E-state index in [9.17, 15) is 9.59 Å². The van der Waals surface area contributed by atoms with Crippen LogP contribution in [0.25, 0.3) is 10.9 Å². The quantitative estimate of drug-likeness (QED) is 0.498. The third kappa shape index (κ3) is 2.13. The van der Waals surface area contributed by atoms with Crippen molar-refractivity contribution >= 4 is 22.5 Å². The van der Waals surface area contributed by atoms with Gasteiger partial charge >= 0.3 is 0 Å². The highest BCUT2D eigenvalue weighted by Crippen LogP contribution is 2.34. The maximum Gasteiger partial charge on any atom is 0.232 e. The summed E-state index contributed by atoms with van der Waals surface area (Å²) in [6.07, 6.45) is 0. The van der Waals surface area contributed by atoms with Gasteiger partial charge in [0.15, 0.2) is 5.69 Å². The Labute approximate surface area is 155 Å². The molecular weight excluding hydrogens is 340 g/mol. The molecule has 1 aliphatic rings. The first-order valence-corrected chi connectivity index (χ1v) is 8.88. The molecule has 2 heterocycles. The molecule has 0 N–H and O–H groups in total. The van der Waals surface area contributed by atoms with Crippen molar-refractivity contribution in [2.24, 2.45) is 0 Å². The first kappa shape index (κ1) is 15.7. The Morgan fingerprint density at radius 1 is 0.889 bits per heavy atom. The summed E-state index contributed by atoms with van der Waals surface area (Å²) in [6.45, 7) is 2.96. The summed E-state index contributed by atoms with van der Waals surface area (Å²) in [6, 6.07) is 17.3. The van der Waals surface area contributed by atoms with Crippen LogP contribution >= 0.6 is 0 Å². The standard InChI is InChI=1S/C21H16N4O2/c1-2-24-15-11-7-6-10-14(15)16-18(24)21(27)17-19(20(16)26)25(23-22-17)12-13-8-4-3-5-9-13/h3-11H,2,12H2,1H3. The number of hydrogen-bond donors (Lipinski definition) is 0. The lowest BCUT2D eigenvalue weighted by Gasteiger charge is -2.14. The van der Waals surface area contributed by atoms with Gasteiger partial charge in [-0.3, -0.25) is 9.59 Å². The SMILES string of the molecule is CCn1c2c(c3ccccc31)C(=O)c1c(nnn1Cc1ccccc1)C2=O. The van der Waals surface area contributed by atoms with E-state index in [1.54, 1.807) is 0 Å². The van der Waals surface area contributed by atoms with Crippen LogP contribution in [-0.2, 0) is 13.1 Å². The Morgan fingerprint density at radius 2 is 1.63 bits per heavy atom. The molecule has 132 valence electrons. The van der Waals surface area contributed by atoms with Crippen LogP contribution in [0.2, 0.25) is 0 Å². The van der Waals surface area contributed by atoms with Gasteiger partial charge in [-0.05, 0) is 18.6 Å². The molecule has 0 aliphatic heterocycles. The van der Waals surface area contributed by atoms with Crippen molar-refractivity contribution < 1.29 is 9.59 Å². The van der Waals surface area contributed by atoms with Crippen molar-refractivity contribution in [3.05, 3.63) is 82.8 Å². The van der Waals surface area contributed by atoms with Gasteiger partial charge in [-0.15, -0.1) is 5.10 Å². The molecule has 0 atom stereocenters. The van der Waals surface area contributed by atoms with Gasteiger partial charge in [0.1, 0.15) is 11.4 Å². The third-order valence-electron chi connectivity index (χ3n) is 5.07. The van der Waals surface area contributed by atoms with E-state index in [0.717, 1.165) is 16.5 Å². The number of benzene rings is 2. The van der Waals surface area contributed by atoms with Gasteiger partial charge in [0, 0.05) is 17.4 Å². The average Bonchev–Trinajstić information content (AvgIpc) is 3.26. The third-order valence-corrected chi connectivity index (χ3v) is 5.07. The molecule has 27 heavy (non-hydrogen) atoms. The number of rotatable bonds is 3. The maximum absolute atomic E-state index is 13.4. The minimum absolute atomic E-state index is 0.140. The molecule has 0 bridgehead atoms. The number of para-hydroxylation sites is 1. The van der Waals surface area contributed by atoms with Crippen LogP contribution in [0, 0.1) is 0 Å². The predicted octanol–water partition coefficient (Wildman–Crippen LogP) is 3.08. The van der Waals surface area contributed by atoms with E-state index < -0.39 is 0 Å². The monoisotopic (exact) mass is 356 g/mol. The van der Waals surface area contributed by atoms with E-state index >= 15 is 0 Å². The fourth-order valence-corrected chi connectivity index (χ4v) is 3.89. The molecule has 0 unspecified atom stereocenters. The van der Waals surface area contributed by atoms with Gasteiger partial charge < -0.3 is 4.57 Å². The van der Waals surface area contributed by atoms with Crippen LogP contribution in [0.3, 0.4) is 0 Å². The smallest absolute Gasteiger partial charge is 0.232 e. The second-order valence-electron chi connectivity index (χ2n) is 6.57. The van der Waals surface area contributed by atoms with E-state index in [2.05, 4.69) is 10.3 Å². The van der Waals surface area contributed by atoms with E-state index in [1.165, 1.54) is 4.68 Å². The highest BCUT2D eigenvalue weighted by molar-refractivity contribution is 6.31. The fraction of sp³-hybridized carbons (Fsp3) is 0.143. The second-order valence-corrected chi connectivity index (χ2v) is 6.57. The van der Waals surface area contributed by atoms with Crippen LogP contribution in [-0.4, -0.2) is 31.1 Å². The van der Waals surface area contributed by atoms with Gasteiger partial charge in [-0.1, -0.05) is 53.7 Å². The molecule has 0 saturated heterocycles. The number of carbonyl (C=O) groups excluding carboxylic acids is 2. The van der Waals surface area contributed by atoms with Crippen molar-refractivity contribution in [3.8, 4) is 0 Å². The van der Waals surface area contributed by atoms with Gasteiger partial charge in [0.2, 0.25) is 11.6 Å². The summed E-state index contributed by atoms with van der Waals surface area (Å²) >= 11 is 0. The first-order valence-electron chi connectivity index (χ1n) is 8.88. The minimum atomic E-state index is -0.239. The van der Waals surface area contributed by atoms with Gasteiger partial charge in [0.25, 0.3) is 0 Å². The first-order chi connectivity index (χ1) is 13.2. The zero-order valence-electron chi connectivity index (χ0n) is 14.7. The van der Waals surface area contributed by atoms with E-state index in [1.807, 2.05) is 66.1 Å². The Balaban J connectivity index is 1.72. The lowest BCUT2D eigenvalue weighted by molar-refractivity contribution is 0.0966. The van der Waals surface area contributed by atoms with Crippen molar-refractivity contribution in [1.82, 2.24) is 19.6 Å². The molecule has 5 rings (SSSR count). The molecule has 4 aromatic rings. The highest BCUT2D eigenvalue weighted by Gasteiger charge is 2.39. The Bertz CT molecular complexity index is 1220. The number of nitrogens with zero attached hydrogens (tertiary/aromatic N) is 4. The van der Waals surface area contributed by atoms with Crippen molar-refractivity contribution in [2.45, 2.75) is 20.0 Å². The maximum atomic E-state index is 13.4. The van der Waals surface area contributed by atoms with Crippen LogP contribution in [0.4, 0.5) is 0 Å². The fourth-order valence-electron chi connectivity index (χ4n) is 3.89. The Hall–Kier alpha value is -3.54. The van der Waals surface area contributed by atoms with Crippen LogP contribution in [0.5, 0.6) is 0 Å². The number of fused-ring (bicyclic) bond motifs is 4. The largest absolute Gasteiger partial charge is 0.337 e. The van der Waals surface area contributed by atoms with Crippen molar-refractivity contribution in [3.63, 3.8) is 0 Å². The number of hydrogen-bond acceptors (Lipinski definition) is 4. The highest BCUT2D eigenvalue weighted by atomic mass is 16.1. The van der Waals surface area contributed by atoms with Crippen molar-refractivity contribution in [2.75, 3.05) is 0 Å². The number of aryl methyl sites for hydroxylation is 1. The normalized spacial score (nSPS) is 13.1. The summed E-state index contributed by atoms with van der Waals surface area (Å²) in [7, 11) is 0. The molecule has 2 aromatic heterocycles. The summed E-state index contributed by atoms with van der Waals surface area (Å²) in [4.78, 5) is 26.6. The molecule has 2 aromatic carbocycles. The van der Waals surface area contributed by atoms with E-state index in [4.69, 9.17) is 0 Å². The zero-order valence-corrected chi connectivity index (χ0v) is 14.7. The summed E-state index contributed by atoms with van der Waals surface area (Å²) in [5.41, 5.74) is 3.17. The van der Waals surface area contributed by atoms with E-state index in [-0.39, 0.29) is 23.0 Å². The summed E-state index contributed by atoms with van der Waals surface area (Å²) < 4.78 is 3.43. The van der Waals surface area contributed by atoms with Gasteiger partial charge in [0.05, 0.1) is 12.1 Å². The molecule has 6 heteroatoms. The van der Waals surface area contributed by atoms with Crippen molar-refractivity contribution in [1.29, 1.82) is 0 Å². The zero-order chi connectivity index (χ0) is 18.5. The number of carbonyl (C=O) groups is 2. The molecular formula is C21H16N4O2. The Kier molecular flexibility index (Phi) is 3.33. The second kappa shape index (κ2) is 5.74. The molecule has 6 nitrogen and oxygen atoms in total. The number of ketones is 2. The van der Waals surface area contributed by atoms with Gasteiger partial charge in [-0.25, -0.2) is 4.68 Å². The van der Waals surface area contributed by atoms with Crippen LogP contribution in [0.1, 0.15) is 44.7 Å². The molecule has 0 spiro atoms. The van der Waals surface area contributed by atoms with Crippen LogP contribution < -0.4 is 0 Å². The van der Waals surface area contributed by atoms with Gasteiger partial charge in [-0.2, -0.15) is 0 Å². The molecule has 0 saturated carbocycles. The predicted molar refractivity (Wildman–Crippen MR) is 100 cm³/mol. The number of aromatic nitrogens is 4. The Morgan fingerprint density at radius 3 is 2.41 bits per heavy atom. The summed E-state index contributed by atoms with van der Waals surface area (Å²) in [5.74, 6) is -0.430. The molecule has 0 amide bonds. The topological polar surface area (TPSA) is 69.8 Å². The lowest BCUT2D eigenvalue weighted by Crippen LogP contribution is -2.25. The average molecular weight is 356 g/mol. The lowest BCUT2D eigenvalue weighted by atomic mass is 9.93. The molecule has 0 fully saturated rings. The molecule has 1 aliphatic carbocycles. The van der Waals surface area contributed by atoms with E-state index in [0.29, 0.717) is 24.3 Å². The molecule has 0 radical (unpaired) electrons. The van der Waals surface area contributed by atoms with Crippen LogP contribution in [0.15, 0.2) is 54.6 Å². The summed E-state index contributed by atoms with van der Waals surface area (Å²) in [5, 5.41) is 8.96. The minimum Gasteiger partial charge on any atom is -0.337 e.